The Bertz CT molecular complexity index is 960. The first-order chi connectivity index (χ1) is 12.3. The minimum atomic E-state index is -4.73. The molecule has 0 radical (unpaired) electrons. The molecule has 4 N–H and O–H groups in total. The fraction of sp³-hybridized carbons (Fsp3) is 0.0667. The summed E-state index contributed by atoms with van der Waals surface area (Å²) in [7, 11) is 0. The monoisotopic (exact) mass is 363 g/mol. The van der Waals surface area contributed by atoms with Gasteiger partial charge in [0.15, 0.2) is 5.69 Å². The average molecular weight is 363 g/mol. The lowest BCUT2D eigenvalue weighted by Crippen LogP contribution is -2.24. The van der Waals surface area contributed by atoms with Gasteiger partial charge < -0.3 is 5.73 Å². The molecule has 11 heteroatoms. The van der Waals surface area contributed by atoms with Gasteiger partial charge in [0.25, 0.3) is 5.91 Å². The van der Waals surface area contributed by atoms with E-state index >= 15 is 0 Å². The van der Waals surface area contributed by atoms with Crippen molar-refractivity contribution in [3.63, 3.8) is 0 Å². The van der Waals surface area contributed by atoms with Crippen molar-refractivity contribution in [3.8, 4) is 5.69 Å². The van der Waals surface area contributed by atoms with E-state index in [-0.39, 0.29) is 22.8 Å². The van der Waals surface area contributed by atoms with Gasteiger partial charge in [-0.05, 0) is 12.1 Å². The number of nitrogen functional groups attached to an aromatic ring is 1. The molecule has 0 aliphatic rings. The zero-order chi connectivity index (χ0) is 18.9. The molecular weight excluding hydrogens is 351 g/mol. The molecule has 0 fully saturated rings. The van der Waals surface area contributed by atoms with Gasteiger partial charge in [-0.2, -0.15) is 18.3 Å². The van der Waals surface area contributed by atoms with E-state index in [2.05, 4.69) is 15.5 Å². The normalized spacial score (nSPS) is 11.3. The highest BCUT2D eigenvalue weighted by Gasteiger charge is 2.36. The molecule has 1 aromatic carbocycles. The minimum absolute atomic E-state index is 0.156. The van der Waals surface area contributed by atoms with Crippen molar-refractivity contribution in [2.45, 2.75) is 6.18 Å². The zero-order valence-electron chi connectivity index (χ0n) is 13.0. The minimum Gasteiger partial charge on any atom is -0.384 e. The third-order valence-corrected chi connectivity index (χ3v) is 3.37. The van der Waals surface area contributed by atoms with E-state index in [0.717, 1.165) is 4.68 Å². The number of nitrogens with one attached hydrogen (secondary N) is 2. The fourth-order valence-corrected chi connectivity index (χ4v) is 2.18. The van der Waals surface area contributed by atoms with E-state index in [0.29, 0.717) is 6.07 Å². The number of alkyl halides is 3. The Balaban J connectivity index is 2.08. The smallest absolute Gasteiger partial charge is 0.384 e. The molecule has 0 saturated heterocycles. The Hall–Kier alpha value is -3.63. The molecule has 0 aliphatic carbocycles. The number of carbonyl (C=O) groups is 1. The number of aromatic nitrogens is 4. The number of amides is 1. The molecule has 0 spiro atoms. The number of hydrogen-bond acceptors (Lipinski definition) is 4. The average Bonchev–Trinajstić information content (AvgIpc) is 3.23. The van der Waals surface area contributed by atoms with Crippen LogP contribution in [0.5, 0.6) is 0 Å². The van der Waals surface area contributed by atoms with Crippen LogP contribution in [0.1, 0.15) is 21.7 Å². The van der Waals surface area contributed by atoms with Gasteiger partial charge in [-0.15, -0.1) is 0 Å². The third kappa shape index (κ3) is 3.41. The van der Waals surface area contributed by atoms with Crippen molar-refractivity contribution in [2.75, 3.05) is 5.43 Å². The maximum absolute atomic E-state index is 13.1. The number of hydrogen-bond donors (Lipinski definition) is 3. The van der Waals surface area contributed by atoms with Gasteiger partial charge >= 0.3 is 6.18 Å². The molecule has 1 amide bonds. The summed E-state index contributed by atoms with van der Waals surface area (Å²) in [6.07, 6.45) is -0.637. The molecule has 134 valence electrons. The zero-order valence-corrected chi connectivity index (χ0v) is 13.0. The van der Waals surface area contributed by atoms with E-state index in [4.69, 9.17) is 11.1 Å². The Labute approximate surface area is 144 Å². The predicted octanol–water partition coefficient (Wildman–Crippen LogP) is 1.76. The van der Waals surface area contributed by atoms with Crippen LogP contribution in [0.3, 0.4) is 0 Å². The van der Waals surface area contributed by atoms with Crippen LogP contribution in [0.2, 0.25) is 0 Å². The summed E-state index contributed by atoms with van der Waals surface area (Å²) < 4.78 is 41.2. The van der Waals surface area contributed by atoms with E-state index in [1.54, 1.807) is 0 Å². The number of nitrogens with two attached hydrogens (primary N) is 1. The fourth-order valence-electron chi connectivity index (χ4n) is 2.18. The van der Waals surface area contributed by atoms with Crippen LogP contribution in [0.15, 0.2) is 49.1 Å². The number of benzene rings is 1. The van der Waals surface area contributed by atoms with Crippen molar-refractivity contribution in [3.05, 3.63) is 66.0 Å². The molecule has 8 nitrogen and oxygen atoms in total. The Morgan fingerprint density at radius 1 is 1.27 bits per heavy atom. The van der Waals surface area contributed by atoms with E-state index in [1.165, 1.54) is 47.7 Å². The van der Waals surface area contributed by atoms with Gasteiger partial charge in [0, 0.05) is 24.0 Å². The summed E-state index contributed by atoms with van der Waals surface area (Å²) in [5, 5.41) is 10.9. The topological polar surface area (TPSA) is 115 Å². The van der Waals surface area contributed by atoms with Crippen molar-refractivity contribution >= 4 is 11.7 Å². The van der Waals surface area contributed by atoms with Crippen molar-refractivity contribution in [1.29, 1.82) is 5.41 Å². The van der Waals surface area contributed by atoms with Crippen LogP contribution in [-0.4, -0.2) is 31.2 Å². The molecule has 26 heavy (non-hydrogen) atoms. The maximum atomic E-state index is 13.1. The molecule has 0 aliphatic heterocycles. The van der Waals surface area contributed by atoms with Crippen molar-refractivity contribution < 1.29 is 18.0 Å². The number of nitrogens with zero attached hydrogens (tertiary/aromatic N) is 4. The van der Waals surface area contributed by atoms with Gasteiger partial charge in [0.2, 0.25) is 0 Å². The first kappa shape index (κ1) is 17.2. The van der Waals surface area contributed by atoms with Crippen molar-refractivity contribution in [2.24, 2.45) is 5.73 Å². The van der Waals surface area contributed by atoms with Gasteiger partial charge in [0.05, 0.1) is 5.69 Å². The van der Waals surface area contributed by atoms with E-state index in [9.17, 15) is 18.0 Å². The lowest BCUT2D eigenvalue weighted by Gasteiger charge is -2.09. The summed E-state index contributed by atoms with van der Waals surface area (Å²) >= 11 is 0. The summed E-state index contributed by atoms with van der Waals surface area (Å²) in [6.45, 7) is 0. The van der Waals surface area contributed by atoms with Crippen LogP contribution in [0.4, 0.5) is 13.2 Å². The van der Waals surface area contributed by atoms with Gasteiger partial charge in [-0.1, -0.05) is 12.1 Å². The van der Waals surface area contributed by atoms with Crippen LogP contribution in [-0.2, 0) is 6.18 Å². The quantitative estimate of drug-likeness (QED) is 0.484. The van der Waals surface area contributed by atoms with Crippen molar-refractivity contribution in [1.82, 2.24) is 19.4 Å². The molecule has 0 atom stereocenters. The third-order valence-electron chi connectivity index (χ3n) is 3.37. The Morgan fingerprint density at radius 3 is 2.65 bits per heavy atom. The largest absolute Gasteiger partial charge is 0.435 e. The van der Waals surface area contributed by atoms with Crippen LogP contribution in [0, 0.1) is 5.41 Å². The highest BCUT2D eigenvalue weighted by Crippen LogP contribution is 2.29. The van der Waals surface area contributed by atoms with Gasteiger partial charge in [-0.25, -0.2) is 14.3 Å². The van der Waals surface area contributed by atoms with Crippen LogP contribution in [0.25, 0.3) is 5.69 Å². The number of amidine groups is 1. The van der Waals surface area contributed by atoms with Gasteiger partial charge in [0.1, 0.15) is 17.9 Å². The molecule has 2 aromatic heterocycles. The first-order valence-corrected chi connectivity index (χ1v) is 7.17. The second kappa shape index (κ2) is 6.35. The van der Waals surface area contributed by atoms with Gasteiger partial charge in [-0.3, -0.25) is 15.6 Å². The number of imidazole rings is 1. The first-order valence-electron chi connectivity index (χ1n) is 7.17. The summed E-state index contributed by atoms with van der Waals surface area (Å²) in [5.74, 6) is -1.08. The molecule has 0 bridgehead atoms. The standard InChI is InChI=1S/C15H12F3N7O/c16-15(17,18)12-7-11(14(26)23-24-5-4-21-8-24)25(22-12)10-3-1-2-9(6-10)13(19)20/h1-8H,(H3,19,20)(H,23,26). The molecule has 3 aromatic rings. The Morgan fingerprint density at radius 2 is 2.04 bits per heavy atom. The molecule has 2 heterocycles. The summed E-state index contributed by atoms with van der Waals surface area (Å²) in [5.41, 5.74) is 6.66. The molecule has 0 saturated carbocycles. The lowest BCUT2D eigenvalue weighted by atomic mass is 10.2. The van der Waals surface area contributed by atoms with E-state index in [1.807, 2.05) is 0 Å². The predicted molar refractivity (Wildman–Crippen MR) is 85.5 cm³/mol. The second-order valence-electron chi connectivity index (χ2n) is 5.20. The maximum Gasteiger partial charge on any atom is 0.435 e. The molecular formula is C15H12F3N7O. The second-order valence-corrected chi connectivity index (χ2v) is 5.20. The molecule has 0 unspecified atom stereocenters. The number of halogens is 3. The van der Waals surface area contributed by atoms with E-state index < -0.39 is 17.8 Å². The van der Waals surface area contributed by atoms with Crippen LogP contribution >= 0.6 is 0 Å². The SMILES string of the molecule is N=C(N)c1cccc(-n2nc(C(F)(F)F)cc2C(=O)Nn2ccnc2)c1. The summed E-state index contributed by atoms with van der Waals surface area (Å²) in [4.78, 5) is 16.1. The summed E-state index contributed by atoms with van der Waals surface area (Å²) in [6, 6.07) is 6.48. The highest BCUT2D eigenvalue weighted by molar-refractivity contribution is 5.99. The number of carbonyl (C=O) groups excluding carboxylic acids is 1. The number of rotatable bonds is 4. The highest BCUT2D eigenvalue weighted by atomic mass is 19.4. The lowest BCUT2D eigenvalue weighted by molar-refractivity contribution is -0.141. The van der Waals surface area contributed by atoms with Crippen LogP contribution < -0.4 is 11.2 Å². The molecule has 3 rings (SSSR count). The Kier molecular flexibility index (Phi) is 4.20.